The molecule has 1 unspecified atom stereocenters. The van der Waals surface area contributed by atoms with Crippen LogP contribution in [-0.2, 0) is 4.74 Å². The van der Waals surface area contributed by atoms with Crippen molar-refractivity contribution in [1.29, 1.82) is 0 Å². The lowest BCUT2D eigenvalue weighted by Gasteiger charge is -2.22. The lowest BCUT2D eigenvalue weighted by Crippen LogP contribution is -2.29. The Balaban J connectivity index is 2.43. The van der Waals surface area contributed by atoms with Crippen molar-refractivity contribution in [2.45, 2.75) is 19.3 Å². The number of benzene rings is 1. The van der Waals surface area contributed by atoms with Crippen molar-refractivity contribution < 1.29 is 4.74 Å². The Morgan fingerprint density at radius 1 is 1.32 bits per heavy atom. The average Bonchev–Trinajstić information content (AvgIpc) is 2.42. The van der Waals surface area contributed by atoms with Gasteiger partial charge in [-0.2, -0.15) is 0 Å². The van der Waals surface area contributed by atoms with Crippen LogP contribution >= 0.6 is 0 Å². The summed E-state index contributed by atoms with van der Waals surface area (Å²) < 4.78 is 5.13. The van der Waals surface area contributed by atoms with Crippen molar-refractivity contribution in [3.05, 3.63) is 42.5 Å². The van der Waals surface area contributed by atoms with E-state index in [-0.39, 0.29) is 0 Å². The first-order valence-corrected chi connectivity index (χ1v) is 6.85. The van der Waals surface area contributed by atoms with E-state index in [1.807, 2.05) is 18.2 Å². The fourth-order valence-corrected chi connectivity index (χ4v) is 2.06. The molecule has 0 aromatic heterocycles. The SMILES string of the molecule is C=CCN(CCOC)CCC(C)c1ccc(N)cc1. The number of hydrogen-bond acceptors (Lipinski definition) is 3. The second-order valence-corrected chi connectivity index (χ2v) is 4.94. The van der Waals surface area contributed by atoms with E-state index < -0.39 is 0 Å². The summed E-state index contributed by atoms with van der Waals surface area (Å²) in [6, 6.07) is 8.18. The van der Waals surface area contributed by atoms with Crippen molar-refractivity contribution >= 4 is 5.69 Å². The number of ether oxygens (including phenoxy) is 1. The molecule has 0 aliphatic rings. The predicted molar refractivity (Wildman–Crippen MR) is 82.4 cm³/mol. The molecule has 3 nitrogen and oxygen atoms in total. The minimum atomic E-state index is 0.537. The number of nitrogen functional groups attached to an aromatic ring is 1. The maximum Gasteiger partial charge on any atom is 0.0589 e. The molecule has 1 aromatic rings. The first kappa shape index (κ1) is 15.7. The minimum Gasteiger partial charge on any atom is -0.399 e. The summed E-state index contributed by atoms with van der Waals surface area (Å²) in [6.45, 7) is 9.76. The summed E-state index contributed by atoms with van der Waals surface area (Å²) in [5.74, 6) is 0.537. The lowest BCUT2D eigenvalue weighted by molar-refractivity contribution is 0.152. The van der Waals surface area contributed by atoms with Crippen LogP contribution in [0.5, 0.6) is 0 Å². The summed E-state index contributed by atoms with van der Waals surface area (Å²) in [6.07, 6.45) is 3.07. The molecule has 1 aromatic carbocycles. The van der Waals surface area contributed by atoms with Crippen molar-refractivity contribution in [3.8, 4) is 0 Å². The molecule has 3 heteroatoms. The van der Waals surface area contributed by atoms with E-state index in [0.29, 0.717) is 5.92 Å². The Morgan fingerprint density at radius 3 is 2.58 bits per heavy atom. The number of methoxy groups -OCH3 is 1. The van der Waals surface area contributed by atoms with Gasteiger partial charge in [0.2, 0.25) is 0 Å². The van der Waals surface area contributed by atoms with Crippen LogP contribution in [0.25, 0.3) is 0 Å². The van der Waals surface area contributed by atoms with Crippen molar-refractivity contribution in [2.75, 3.05) is 39.1 Å². The van der Waals surface area contributed by atoms with Gasteiger partial charge < -0.3 is 10.5 Å². The van der Waals surface area contributed by atoms with Gasteiger partial charge >= 0.3 is 0 Å². The van der Waals surface area contributed by atoms with Gasteiger partial charge in [-0.3, -0.25) is 4.90 Å². The predicted octanol–water partition coefficient (Wildman–Crippen LogP) is 2.90. The molecular weight excluding hydrogens is 236 g/mol. The quantitative estimate of drug-likeness (QED) is 0.549. The Labute approximate surface area is 117 Å². The lowest BCUT2D eigenvalue weighted by atomic mass is 9.97. The molecular formula is C16H26N2O. The normalized spacial score (nSPS) is 12.6. The fourth-order valence-electron chi connectivity index (χ4n) is 2.06. The number of hydrogen-bond donors (Lipinski definition) is 1. The highest BCUT2D eigenvalue weighted by Gasteiger charge is 2.08. The molecule has 0 radical (unpaired) electrons. The number of nitrogens with two attached hydrogens (primary N) is 1. The van der Waals surface area contributed by atoms with E-state index in [9.17, 15) is 0 Å². The first-order chi connectivity index (χ1) is 9.17. The smallest absolute Gasteiger partial charge is 0.0589 e. The third-order valence-corrected chi connectivity index (χ3v) is 3.38. The molecule has 0 heterocycles. The zero-order chi connectivity index (χ0) is 14.1. The zero-order valence-electron chi connectivity index (χ0n) is 12.1. The van der Waals surface area contributed by atoms with Crippen LogP contribution < -0.4 is 5.73 Å². The number of rotatable bonds is 9. The van der Waals surface area contributed by atoms with Crippen LogP contribution in [0.15, 0.2) is 36.9 Å². The zero-order valence-corrected chi connectivity index (χ0v) is 12.1. The summed E-state index contributed by atoms with van der Waals surface area (Å²) in [5, 5.41) is 0. The van der Waals surface area contributed by atoms with Crippen molar-refractivity contribution in [1.82, 2.24) is 4.90 Å². The van der Waals surface area contributed by atoms with Gasteiger partial charge in [-0.15, -0.1) is 6.58 Å². The molecule has 0 amide bonds. The third kappa shape index (κ3) is 5.90. The molecule has 0 bridgehead atoms. The Bertz CT molecular complexity index is 362. The molecule has 106 valence electrons. The second-order valence-electron chi connectivity index (χ2n) is 4.94. The molecule has 0 aliphatic heterocycles. The van der Waals surface area contributed by atoms with Crippen LogP contribution in [0.2, 0.25) is 0 Å². The van der Waals surface area contributed by atoms with E-state index >= 15 is 0 Å². The molecule has 0 saturated heterocycles. The van der Waals surface area contributed by atoms with Gasteiger partial charge in [-0.05, 0) is 36.6 Å². The number of nitrogens with zero attached hydrogens (tertiary/aromatic N) is 1. The Morgan fingerprint density at radius 2 is 2.00 bits per heavy atom. The molecule has 0 aliphatic carbocycles. The monoisotopic (exact) mass is 262 g/mol. The highest BCUT2D eigenvalue weighted by atomic mass is 16.5. The summed E-state index contributed by atoms with van der Waals surface area (Å²) in [4.78, 5) is 2.37. The van der Waals surface area contributed by atoms with Gasteiger partial charge in [0, 0.05) is 25.9 Å². The molecule has 19 heavy (non-hydrogen) atoms. The van der Waals surface area contributed by atoms with E-state index in [1.54, 1.807) is 7.11 Å². The molecule has 0 fully saturated rings. The Kier molecular flexibility index (Phi) is 7.23. The van der Waals surface area contributed by atoms with E-state index in [0.717, 1.165) is 38.3 Å². The van der Waals surface area contributed by atoms with Gasteiger partial charge in [0.1, 0.15) is 0 Å². The van der Waals surface area contributed by atoms with Gasteiger partial charge in [0.25, 0.3) is 0 Å². The van der Waals surface area contributed by atoms with Crippen LogP contribution in [0.4, 0.5) is 5.69 Å². The summed E-state index contributed by atoms with van der Waals surface area (Å²) in [7, 11) is 1.74. The second kappa shape index (κ2) is 8.73. The highest BCUT2D eigenvalue weighted by Crippen LogP contribution is 2.20. The summed E-state index contributed by atoms with van der Waals surface area (Å²) in [5.41, 5.74) is 7.88. The van der Waals surface area contributed by atoms with Crippen LogP contribution in [-0.4, -0.2) is 38.3 Å². The van der Waals surface area contributed by atoms with Crippen LogP contribution in [0.1, 0.15) is 24.8 Å². The third-order valence-electron chi connectivity index (χ3n) is 3.38. The number of anilines is 1. The average molecular weight is 262 g/mol. The van der Waals surface area contributed by atoms with Crippen molar-refractivity contribution in [3.63, 3.8) is 0 Å². The maximum atomic E-state index is 5.71. The highest BCUT2D eigenvalue weighted by molar-refractivity contribution is 5.40. The molecule has 2 N–H and O–H groups in total. The van der Waals surface area contributed by atoms with Crippen LogP contribution in [0, 0.1) is 0 Å². The standard InChI is InChI=1S/C16H26N2O/c1-4-10-18(12-13-19-3)11-9-14(2)15-5-7-16(17)8-6-15/h4-8,14H,1,9-13,17H2,2-3H3. The van der Waals surface area contributed by atoms with Gasteiger partial charge in [-0.25, -0.2) is 0 Å². The largest absolute Gasteiger partial charge is 0.399 e. The Hall–Kier alpha value is -1.32. The van der Waals surface area contributed by atoms with Gasteiger partial charge in [0.05, 0.1) is 6.61 Å². The van der Waals surface area contributed by atoms with Crippen molar-refractivity contribution in [2.24, 2.45) is 0 Å². The first-order valence-electron chi connectivity index (χ1n) is 6.85. The summed E-state index contributed by atoms with van der Waals surface area (Å²) >= 11 is 0. The minimum absolute atomic E-state index is 0.537. The maximum absolute atomic E-state index is 5.71. The van der Waals surface area contributed by atoms with Gasteiger partial charge in [0.15, 0.2) is 0 Å². The van der Waals surface area contributed by atoms with E-state index in [1.165, 1.54) is 5.56 Å². The topological polar surface area (TPSA) is 38.5 Å². The fraction of sp³-hybridized carbons (Fsp3) is 0.500. The van der Waals surface area contributed by atoms with Gasteiger partial charge in [-0.1, -0.05) is 25.1 Å². The molecule has 1 atom stereocenters. The molecule has 1 rings (SSSR count). The van der Waals surface area contributed by atoms with Crippen LogP contribution in [0.3, 0.4) is 0 Å². The van der Waals surface area contributed by atoms with E-state index in [4.69, 9.17) is 10.5 Å². The van der Waals surface area contributed by atoms with E-state index in [2.05, 4.69) is 30.5 Å². The molecule has 0 saturated carbocycles. The molecule has 0 spiro atoms.